The van der Waals surface area contributed by atoms with Crippen LogP contribution in [0.5, 0.6) is 0 Å². The molecule has 5 nitrogen and oxygen atoms in total. The number of thiazole rings is 1. The molecule has 3 heterocycles. The van der Waals surface area contributed by atoms with E-state index in [-0.39, 0.29) is 11.8 Å². The number of hydrogen-bond donors (Lipinski definition) is 1. The SMILES string of the molecule is CCC(=O)NCCc1csc([C@@H]2CCCN(C(=O)c3ccc(C)s3)C2)n1. The Bertz CT molecular complexity index is 768. The highest BCUT2D eigenvalue weighted by Gasteiger charge is 2.27. The van der Waals surface area contributed by atoms with Gasteiger partial charge in [-0.25, -0.2) is 4.98 Å². The highest BCUT2D eigenvalue weighted by atomic mass is 32.1. The molecule has 1 aliphatic heterocycles. The largest absolute Gasteiger partial charge is 0.356 e. The summed E-state index contributed by atoms with van der Waals surface area (Å²) in [7, 11) is 0. The lowest BCUT2D eigenvalue weighted by atomic mass is 9.98. The second-order valence-electron chi connectivity index (χ2n) is 6.63. The van der Waals surface area contributed by atoms with Crippen LogP contribution in [0, 0.1) is 6.92 Å². The molecule has 0 aromatic carbocycles. The molecule has 0 radical (unpaired) electrons. The van der Waals surface area contributed by atoms with Gasteiger partial charge in [-0.1, -0.05) is 6.92 Å². The molecule has 1 fully saturated rings. The predicted octanol–water partition coefficient (Wildman–Crippen LogP) is 3.60. The number of piperidine rings is 1. The summed E-state index contributed by atoms with van der Waals surface area (Å²) >= 11 is 3.24. The first-order valence-corrected chi connectivity index (χ1v) is 10.8. The number of carbonyl (C=O) groups excluding carboxylic acids is 2. The van der Waals surface area contributed by atoms with Gasteiger partial charge in [0.15, 0.2) is 0 Å². The van der Waals surface area contributed by atoms with Crippen molar-refractivity contribution >= 4 is 34.5 Å². The van der Waals surface area contributed by atoms with Gasteiger partial charge in [0.05, 0.1) is 15.6 Å². The summed E-state index contributed by atoms with van der Waals surface area (Å²) in [4.78, 5) is 32.7. The van der Waals surface area contributed by atoms with E-state index in [0.717, 1.165) is 47.9 Å². The Morgan fingerprint density at radius 1 is 1.38 bits per heavy atom. The molecule has 1 N–H and O–H groups in total. The Kier molecular flexibility index (Phi) is 6.43. The lowest BCUT2D eigenvalue weighted by molar-refractivity contribution is -0.120. The van der Waals surface area contributed by atoms with E-state index in [9.17, 15) is 9.59 Å². The van der Waals surface area contributed by atoms with E-state index in [1.165, 1.54) is 4.88 Å². The van der Waals surface area contributed by atoms with Gasteiger partial charge >= 0.3 is 0 Å². The molecule has 0 spiro atoms. The summed E-state index contributed by atoms with van der Waals surface area (Å²) in [5.74, 6) is 0.537. The van der Waals surface area contributed by atoms with Crippen LogP contribution in [0.15, 0.2) is 17.5 Å². The maximum Gasteiger partial charge on any atom is 0.263 e. The molecule has 2 amide bonds. The third-order valence-electron chi connectivity index (χ3n) is 4.60. The number of amides is 2. The van der Waals surface area contributed by atoms with Crippen LogP contribution in [0.2, 0.25) is 0 Å². The van der Waals surface area contributed by atoms with Crippen LogP contribution >= 0.6 is 22.7 Å². The van der Waals surface area contributed by atoms with Crippen LogP contribution in [0.4, 0.5) is 0 Å². The van der Waals surface area contributed by atoms with Crippen LogP contribution in [-0.4, -0.2) is 41.3 Å². The summed E-state index contributed by atoms with van der Waals surface area (Å²) in [6.45, 7) is 6.08. The van der Waals surface area contributed by atoms with Crippen molar-refractivity contribution in [3.63, 3.8) is 0 Å². The molecule has 3 rings (SSSR count). The van der Waals surface area contributed by atoms with E-state index >= 15 is 0 Å². The maximum absolute atomic E-state index is 12.7. The van der Waals surface area contributed by atoms with E-state index in [1.54, 1.807) is 22.7 Å². The van der Waals surface area contributed by atoms with Crippen molar-refractivity contribution in [2.24, 2.45) is 0 Å². The fraction of sp³-hybridized carbons (Fsp3) is 0.526. The highest BCUT2D eigenvalue weighted by Crippen LogP contribution is 2.30. The van der Waals surface area contributed by atoms with Gasteiger partial charge in [0.1, 0.15) is 0 Å². The second kappa shape index (κ2) is 8.77. The van der Waals surface area contributed by atoms with Crippen molar-refractivity contribution in [2.75, 3.05) is 19.6 Å². The van der Waals surface area contributed by atoms with Gasteiger partial charge in [-0.2, -0.15) is 0 Å². The second-order valence-corrected chi connectivity index (χ2v) is 8.81. The molecule has 7 heteroatoms. The van der Waals surface area contributed by atoms with Crippen molar-refractivity contribution in [3.8, 4) is 0 Å². The highest BCUT2D eigenvalue weighted by molar-refractivity contribution is 7.13. The van der Waals surface area contributed by atoms with E-state index in [4.69, 9.17) is 4.98 Å². The van der Waals surface area contributed by atoms with Gasteiger partial charge in [0.2, 0.25) is 5.91 Å². The Morgan fingerprint density at radius 3 is 2.96 bits per heavy atom. The zero-order valence-electron chi connectivity index (χ0n) is 15.3. The molecule has 0 aliphatic carbocycles. The molecular formula is C19H25N3O2S2. The topological polar surface area (TPSA) is 62.3 Å². The summed E-state index contributed by atoms with van der Waals surface area (Å²) in [5.41, 5.74) is 1.03. The number of nitrogens with one attached hydrogen (secondary N) is 1. The molecule has 0 unspecified atom stereocenters. The van der Waals surface area contributed by atoms with Gasteiger partial charge < -0.3 is 10.2 Å². The first-order valence-electron chi connectivity index (χ1n) is 9.13. The van der Waals surface area contributed by atoms with Gasteiger partial charge in [-0.05, 0) is 31.9 Å². The molecule has 26 heavy (non-hydrogen) atoms. The summed E-state index contributed by atoms with van der Waals surface area (Å²) < 4.78 is 0. The minimum atomic E-state index is 0.0747. The van der Waals surface area contributed by atoms with E-state index in [0.29, 0.717) is 18.9 Å². The zero-order valence-corrected chi connectivity index (χ0v) is 16.9. The average Bonchev–Trinajstić information content (AvgIpc) is 3.30. The van der Waals surface area contributed by atoms with Gasteiger partial charge in [0.25, 0.3) is 5.91 Å². The van der Waals surface area contributed by atoms with Gasteiger partial charge in [-0.3, -0.25) is 9.59 Å². The Morgan fingerprint density at radius 2 is 2.23 bits per heavy atom. The Labute approximate surface area is 162 Å². The monoisotopic (exact) mass is 391 g/mol. The van der Waals surface area contributed by atoms with Crippen molar-refractivity contribution in [1.29, 1.82) is 0 Å². The minimum absolute atomic E-state index is 0.0747. The van der Waals surface area contributed by atoms with Crippen LogP contribution in [0.3, 0.4) is 0 Å². The normalized spacial score (nSPS) is 17.3. The number of nitrogens with zero attached hydrogens (tertiary/aromatic N) is 2. The Hall–Kier alpha value is -1.73. The molecular weight excluding hydrogens is 366 g/mol. The fourth-order valence-electron chi connectivity index (χ4n) is 3.15. The van der Waals surface area contributed by atoms with Gasteiger partial charge in [-0.15, -0.1) is 22.7 Å². The summed E-state index contributed by atoms with van der Waals surface area (Å²) in [6, 6.07) is 3.93. The molecule has 140 valence electrons. The zero-order chi connectivity index (χ0) is 18.5. The number of carbonyl (C=O) groups is 2. The van der Waals surface area contributed by atoms with Crippen molar-refractivity contribution in [2.45, 2.75) is 45.4 Å². The maximum atomic E-state index is 12.7. The number of aromatic nitrogens is 1. The van der Waals surface area contributed by atoms with Crippen LogP contribution in [-0.2, 0) is 11.2 Å². The Balaban J connectivity index is 1.57. The van der Waals surface area contributed by atoms with E-state index in [2.05, 4.69) is 10.7 Å². The number of likely N-dealkylation sites (tertiary alicyclic amines) is 1. The first-order chi connectivity index (χ1) is 12.6. The molecule has 1 aliphatic rings. The number of thiophene rings is 1. The first kappa shape index (κ1) is 19.0. The molecule has 0 bridgehead atoms. The van der Waals surface area contributed by atoms with E-state index < -0.39 is 0 Å². The summed E-state index contributed by atoms with van der Waals surface area (Å²) in [5, 5.41) is 6.08. The standard InChI is InChI=1S/C19H25N3O2S2/c1-3-17(23)20-9-8-15-12-25-18(21-15)14-5-4-10-22(11-14)19(24)16-7-6-13(2)26-16/h6-7,12,14H,3-5,8-11H2,1-2H3,(H,20,23)/t14-/m1/s1. The van der Waals surface area contributed by atoms with Crippen molar-refractivity contribution in [3.05, 3.63) is 38.0 Å². The summed E-state index contributed by atoms with van der Waals surface area (Å²) in [6.07, 6.45) is 3.36. The molecule has 1 saturated heterocycles. The molecule has 0 saturated carbocycles. The quantitative estimate of drug-likeness (QED) is 0.818. The van der Waals surface area contributed by atoms with E-state index in [1.807, 2.05) is 30.9 Å². The van der Waals surface area contributed by atoms with Crippen LogP contribution in [0.1, 0.15) is 57.4 Å². The third-order valence-corrected chi connectivity index (χ3v) is 6.65. The average molecular weight is 392 g/mol. The van der Waals surface area contributed by atoms with Crippen molar-refractivity contribution in [1.82, 2.24) is 15.2 Å². The number of hydrogen-bond acceptors (Lipinski definition) is 5. The lowest BCUT2D eigenvalue weighted by Crippen LogP contribution is -2.38. The van der Waals surface area contributed by atoms with Crippen LogP contribution < -0.4 is 5.32 Å². The molecule has 2 aromatic heterocycles. The van der Waals surface area contributed by atoms with Gasteiger partial charge in [0, 0.05) is 48.7 Å². The third kappa shape index (κ3) is 4.71. The van der Waals surface area contributed by atoms with Crippen molar-refractivity contribution < 1.29 is 9.59 Å². The fourth-order valence-corrected chi connectivity index (χ4v) is 4.97. The minimum Gasteiger partial charge on any atom is -0.356 e. The molecule has 2 aromatic rings. The lowest BCUT2D eigenvalue weighted by Gasteiger charge is -2.31. The number of aryl methyl sites for hydroxylation is 1. The molecule has 1 atom stereocenters. The predicted molar refractivity (Wildman–Crippen MR) is 106 cm³/mol. The van der Waals surface area contributed by atoms with Crippen LogP contribution in [0.25, 0.3) is 0 Å². The smallest absolute Gasteiger partial charge is 0.263 e. The number of rotatable bonds is 6.